The molecule has 0 aliphatic rings. The van der Waals surface area contributed by atoms with Gasteiger partial charge in [0.2, 0.25) is 15.9 Å². The molecule has 1 heterocycles. The minimum atomic E-state index is -3.61. The number of hydrogen-bond acceptors (Lipinski definition) is 5. The third-order valence-corrected chi connectivity index (χ3v) is 4.04. The van der Waals surface area contributed by atoms with Gasteiger partial charge in [0, 0.05) is 18.8 Å². The minimum absolute atomic E-state index is 0.0169. The van der Waals surface area contributed by atoms with Crippen molar-refractivity contribution in [3.8, 4) is 11.6 Å². The topological polar surface area (TPSA) is 88.5 Å². The molecule has 0 atom stereocenters. The van der Waals surface area contributed by atoms with Gasteiger partial charge >= 0.3 is 0 Å². The van der Waals surface area contributed by atoms with Gasteiger partial charge in [0.05, 0.1) is 12.0 Å². The number of ether oxygens (including phenoxy) is 1. The van der Waals surface area contributed by atoms with E-state index in [1.807, 2.05) is 0 Å². The van der Waals surface area contributed by atoms with Gasteiger partial charge in [-0.2, -0.15) is 0 Å². The Labute approximate surface area is 117 Å². The summed E-state index contributed by atoms with van der Waals surface area (Å²) >= 11 is 0. The van der Waals surface area contributed by atoms with Crippen LogP contribution in [0.3, 0.4) is 0 Å². The zero-order valence-corrected chi connectivity index (χ0v) is 11.6. The number of phenols is 1. The number of sulfonamides is 1. The Morgan fingerprint density at radius 1 is 1.20 bits per heavy atom. The summed E-state index contributed by atoms with van der Waals surface area (Å²) in [6.07, 6.45) is 1.54. The second-order valence-corrected chi connectivity index (χ2v) is 5.79. The molecule has 0 saturated heterocycles. The Bertz CT molecular complexity index is 667. The predicted octanol–water partition coefficient (Wildman–Crippen LogP) is 1.27. The van der Waals surface area contributed by atoms with Crippen molar-refractivity contribution in [2.75, 3.05) is 7.11 Å². The highest BCUT2D eigenvalue weighted by molar-refractivity contribution is 7.89. The van der Waals surface area contributed by atoms with E-state index in [2.05, 4.69) is 9.71 Å². The molecule has 20 heavy (non-hydrogen) atoms. The smallest absolute Gasteiger partial charge is 0.240 e. The van der Waals surface area contributed by atoms with Gasteiger partial charge in [0.15, 0.2) is 0 Å². The maximum Gasteiger partial charge on any atom is 0.240 e. The van der Waals surface area contributed by atoms with Crippen LogP contribution in [0.4, 0.5) is 0 Å². The van der Waals surface area contributed by atoms with Crippen molar-refractivity contribution in [1.82, 2.24) is 9.71 Å². The fraction of sp³-hybridized carbons (Fsp3) is 0.154. The Morgan fingerprint density at radius 3 is 2.45 bits per heavy atom. The summed E-state index contributed by atoms with van der Waals surface area (Å²) < 4.78 is 31.4. The maximum absolute atomic E-state index is 12.0. The molecule has 0 aliphatic heterocycles. The fourth-order valence-electron chi connectivity index (χ4n) is 1.52. The first-order valence-electron chi connectivity index (χ1n) is 5.79. The Balaban J connectivity index is 2.06. The van der Waals surface area contributed by atoms with Crippen LogP contribution in [0.25, 0.3) is 0 Å². The molecule has 6 nitrogen and oxygen atoms in total. The number of hydrogen-bond donors (Lipinski definition) is 2. The Hall–Kier alpha value is -2.12. The molecule has 0 fully saturated rings. The van der Waals surface area contributed by atoms with Crippen molar-refractivity contribution in [2.24, 2.45) is 0 Å². The number of aromatic nitrogens is 1. The summed E-state index contributed by atoms with van der Waals surface area (Å²) in [5, 5.41) is 9.14. The molecule has 0 aliphatic carbocycles. The van der Waals surface area contributed by atoms with Crippen molar-refractivity contribution < 1.29 is 18.3 Å². The van der Waals surface area contributed by atoms with Crippen molar-refractivity contribution >= 4 is 10.0 Å². The number of phenolic OH excluding ortho intramolecular Hbond substituents is 1. The van der Waals surface area contributed by atoms with Crippen molar-refractivity contribution in [3.05, 3.63) is 48.2 Å². The number of pyridine rings is 1. The zero-order chi connectivity index (χ0) is 14.6. The Morgan fingerprint density at radius 2 is 1.90 bits per heavy atom. The van der Waals surface area contributed by atoms with Crippen LogP contribution in [0, 0.1) is 0 Å². The maximum atomic E-state index is 12.0. The van der Waals surface area contributed by atoms with Crippen LogP contribution in [0.15, 0.2) is 47.5 Å². The number of rotatable bonds is 5. The lowest BCUT2D eigenvalue weighted by atomic mass is 10.3. The second-order valence-electron chi connectivity index (χ2n) is 4.03. The average Bonchev–Trinajstić information content (AvgIpc) is 2.46. The molecule has 0 spiro atoms. The van der Waals surface area contributed by atoms with Gasteiger partial charge in [-0.25, -0.2) is 18.1 Å². The molecule has 0 bridgehead atoms. The van der Waals surface area contributed by atoms with Crippen LogP contribution >= 0.6 is 0 Å². The molecule has 2 aromatic rings. The van der Waals surface area contributed by atoms with E-state index in [4.69, 9.17) is 9.84 Å². The van der Waals surface area contributed by atoms with Crippen molar-refractivity contribution in [3.63, 3.8) is 0 Å². The van der Waals surface area contributed by atoms with E-state index >= 15 is 0 Å². The molecule has 0 saturated carbocycles. The summed E-state index contributed by atoms with van der Waals surface area (Å²) in [5.41, 5.74) is 0.716. The molecule has 106 valence electrons. The first kappa shape index (κ1) is 14.3. The van der Waals surface area contributed by atoms with Crippen LogP contribution in [0.1, 0.15) is 5.56 Å². The van der Waals surface area contributed by atoms with Crippen molar-refractivity contribution in [1.29, 1.82) is 0 Å². The van der Waals surface area contributed by atoms with Gasteiger partial charge in [0.25, 0.3) is 0 Å². The third kappa shape index (κ3) is 3.46. The SMILES string of the molecule is COc1ccc(CNS(=O)(=O)c2ccc(O)cc2)cn1. The molecule has 2 rings (SSSR count). The fourth-order valence-corrected chi connectivity index (χ4v) is 2.54. The van der Waals surface area contributed by atoms with Gasteiger partial charge in [0.1, 0.15) is 5.75 Å². The highest BCUT2D eigenvalue weighted by Crippen LogP contribution is 2.14. The van der Waals surface area contributed by atoms with Crippen molar-refractivity contribution in [2.45, 2.75) is 11.4 Å². The highest BCUT2D eigenvalue weighted by atomic mass is 32.2. The summed E-state index contributed by atoms with van der Waals surface area (Å²) in [7, 11) is -2.10. The van der Waals surface area contributed by atoms with E-state index < -0.39 is 10.0 Å². The van der Waals surface area contributed by atoms with Crippen LogP contribution in [0.5, 0.6) is 11.6 Å². The third-order valence-electron chi connectivity index (χ3n) is 2.62. The standard InChI is InChI=1S/C13H14N2O4S/c1-19-13-7-2-10(8-14-13)9-15-20(17,18)12-5-3-11(16)4-6-12/h2-8,15-16H,9H2,1H3. The summed E-state index contributed by atoms with van der Waals surface area (Å²) in [4.78, 5) is 4.09. The molecule has 0 amide bonds. The molecule has 1 aromatic heterocycles. The quantitative estimate of drug-likeness (QED) is 0.867. The van der Waals surface area contributed by atoms with E-state index in [9.17, 15) is 8.42 Å². The van der Waals surface area contributed by atoms with Crippen LogP contribution in [-0.2, 0) is 16.6 Å². The lowest BCUT2D eigenvalue weighted by Gasteiger charge is -2.07. The number of nitrogens with zero attached hydrogens (tertiary/aromatic N) is 1. The van der Waals surface area contributed by atoms with Crippen LogP contribution in [-0.4, -0.2) is 25.6 Å². The van der Waals surface area contributed by atoms with Gasteiger partial charge in [-0.15, -0.1) is 0 Å². The second kappa shape index (κ2) is 5.89. The van der Waals surface area contributed by atoms with Gasteiger partial charge in [-0.1, -0.05) is 6.07 Å². The zero-order valence-electron chi connectivity index (χ0n) is 10.8. The van der Waals surface area contributed by atoms with E-state index in [1.165, 1.54) is 37.6 Å². The molecular weight excluding hydrogens is 280 g/mol. The lowest BCUT2D eigenvalue weighted by Crippen LogP contribution is -2.23. The van der Waals surface area contributed by atoms with Gasteiger partial charge < -0.3 is 9.84 Å². The largest absolute Gasteiger partial charge is 0.508 e. The number of nitrogens with one attached hydrogen (secondary N) is 1. The summed E-state index contributed by atoms with van der Waals surface area (Å²) in [5.74, 6) is 0.485. The first-order valence-corrected chi connectivity index (χ1v) is 7.27. The Kier molecular flexibility index (Phi) is 4.21. The van der Waals surface area contributed by atoms with E-state index in [1.54, 1.807) is 12.1 Å². The number of methoxy groups -OCH3 is 1. The highest BCUT2D eigenvalue weighted by Gasteiger charge is 2.13. The van der Waals surface area contributed by atoms with Crippen LogP contribution < -0.4 is 9.46 Å². The number of benzene rings is 1. The molecule has 1 aromatic carbocycles. The monoisotopic (exact) mass is 294 g/mol. The van der Waals surface area contributed by atoms with E-state index in [0.717, 1.165) is 0 Å². The minimum Gasteiger partial charge on any atom is -0.508 e. The summed E-state index contributed by atoms with van der Waals surface area (Å²) in [6.45, 7) is 0.125. The van der Waals surface area contributed by atoms with Gasteiger partial charge in [-0.3, -0.25) is 0 Å². The molecular formula is C13H14N2O4S. The van der Waals surface area contributed by atoms with E-state index in [-0.39, 0.29) is 17.2 Å². The lowest BCUT2D eigenvalue weighted by molar-refractivity contribution is 0.397. The molecule has 0 radical (unpaired) electrons. The molecule has 0 unspecified atom stereocenters. The predicted molar refractivity (Wildman–Crippen MR) is 72.9 cm³/mol. The summed E-state index contributed by atoms with van der Waals surface area (Å²) in [6, 6.07) is 8.70. The first-order chi connectivity index (χ1) is 9.51. The molecule has 7 heteroatoms. The van der Waals surface area contributed by atoms with Gasteiger partial charge in [-0.05, 0) is 29.8 Å². The number of aromatic hydroxyl groups is 1. The average molecular weight is 294 g/mol. The molecule has 2 N–H and O–H groups in total. The van der Waals surface area contributed by atoms with Crippen LogP contribution in [0.2, 0.25) is 0 Å². The van der Waals surface area contributed by atoms with E-state index in [0.29, 0.717) is 11.4 Å². The normalized spacial score (nSPS) is 11.2.